The number of aromatic nitrogens is 2. The molecule has 132 valence electrons. The van der Waals surface area contributed by atoms with Crippen LogP contribution in [0, 0.1) is 5.92 Å². The van der Waals surface area contributed by atoms with Crippen molar-refractivity contribution >= 4 is 17.6 Å². The van der Waals surface area contributed by atoms with Crippen LogP contribution in [0.25, 0.3) is 11.3 Å². The molecule has 0 saturated heterocycles. The van der Waals surface area contributed by atoms with E-state index >= 15 is 0 Å². The summed E-state index contributed by atoms with van der Waals surface area (Å²) in [6.07, 6.45) is 1.47. The van der Waals surface area contributed by atoms with Crippen molar-refractivity contribution in [2.45, 2.75) is 13.8 Å². The van der Waals surface area contributed by atoms with Crippen molar-refractivity contribution in [2.75, 3.05) is 26.5 Å². The number of hydrogen-bond donors (Lipinski definition) is 1. The molecule has 2 rings (SSSR count). The molecule has 0 spiro atoms. The molecule has 7 nitrogen and oxygen atoms in total. The lowest BCUT2D eigenvalue weighted by Gasteiger charge is -2.14. The first-order valence-corrected chi connectivity index (χ1v) is 7.87. The minimum absolute atomic E-state index is 0.115. The number of nitrogens with one attached hydrogen (secondary N) is 1. The number of methoxy groups -OCH3 is 1. The summed E-state index contributed by atoms with van der Waals surface area (Å²) in [6.45, 7) is 3.58. The second kappa shape index (κ2) is 7.74. The van der Waals surface area contributed by atoms with Gasteiger partial charge in [-0.15, -0.1) is 0 Å². The molecule has 1 N–H and O–H groups in total. The van der Waals surface area contributed by atoms with Crippen molar-refractivity contribution in [1.82, 2.24) is 14.9 Å². The number of carbonyl (C=O) groups excluding carboxylic acids is 2. The van der Waals surface area contributed by atoms with Gasteiger partial charge in [0.15, 0.2) is 5.82 Å². The van der Waals surface area contributed by atoms with E-state index in [1.165, 1.54) is 18.2 Å². The predicted molar refractivity (Wildman–Crippen MR) is 95.5 cm³/mol. The Hall–Kier alpha value is -2.96. The van der Waals surface area contributed by atoms with Gasteiger partial charge in [-0.1, -0.05) is 26.0 Å². The molecular weight excluding hydrogens is 320 g/mol. The Morgan fingerprint density at radius 2 is 1.96 bits per heavy atom. The molecule has 2 aromatic rings. The van der Waals surface area contributed by atoms with Gasteiger partial charge < -0.3 is 15.0 Å². The topological polar surface area (TPSA) is 84.4 Å². The zero-order chi connectivity index (χ0) is 18.6. The van der Waals surface area contributed by atoms with Crippen LogP contribution in [-0.2, 0) is 4.79 Å². The lowest BCUT2D eigenvalue weighted by atomic mass is 10.1. The number of ether oxygens (including phenoxy) is 1. The largest absolute Gasteiger partial charge is 0.480 e. The van der Waals surface area contributed by atoms with E-state index < -0.39 is 0 Å². The van der Waals surface area contributed by atoms with Gasteiger partial charge in [0.05, 0.1) is 13.3 Å². The standard InChI is InChI=1S/C18H22N4O3/c1-11(2)17(23)21-16-15(19-10-14(20-16)25-5)12-7-6-8-13(9-12)18(24)22(3)4/h6-11H,1-5H3,(H,20,21,23). The van der Waals surface area contributed by atoms with Crippen LogP contribution in [0.2, 0.25) is 0 Å². The number of hydrogen-bond acceptors (Lipinski definition) is 5. The van der Waals surface area contributed by atoms with Crippen LogP contribution >= 0.6 is 0 Å². The summed E-state index contributed by atoms with van der Waals surface area (Å²) in [6, 6.07) is 7.04. The smallest absolute Gasteiger partial charge is 0.253 e. The maximum atomic E-state index is 12.2. The number of amides is 2. The highest BCUT2D eigenvalue weighted by Gasteiger charge is 2.17. The molecule has 0 aliphatic carbocycles. The number of rotatable bonds is 5. The maximum absolute atomic E-state index is 12.2. The Labute approximate surface area is 147 Å². The minimum Gasteiger partial charge on any atom is -0.480 e. The van der Waals surface area contributed by atoms with Crippen LogP contribution < -0.4 is 10.1 Å². The fourth-order valence-corrected chi connectivity index (χ4v) is 2.09. The molecule has 0 saturated carbocycles. The van der Waals surface area contributed by atoms with Crippen molar-refractivity contribution in [3.8, 4) is 17.1 Å². The fraction of sp³-hybridized carbons (Fsp3) is 0.333. The molecule has 1 aromatic heterocycles. The summed E-state index contributed by atoms with van der Waals surface area (Å²) in [5.41, 5.74) is 1.69. The van der Waals surface area contributed by atoms with Gasteiger partial charge in [-0.05, 0) is 12.1 Å². The van der Waals surface area contributed by atoms with Crippen molar-refractivity contribution in [3.05, 3.63) is 36.0 Å². The molecule has 7 heteroatoms. The van der Waals surface area contributed by atoms with E-state index in [2.05, 4.69) is 15.3 Å². The summed E-state index contributed by atoms with van der Waals surface area (Å²) in [7, 11) is 4.86. The predicted octanol–water partition coefficient (Wildman–Crippen LogP) is 2.45. The summed E-state index contributed by atoms with van der Waals surface area (Å²) in [5, 5.41) is 2.77. The zero-order valence-corrected chi connectivity index (χ0v) is 15.0. The molecule has 1 aromatic carbocycles. The monoisotopic (exact) mass is 342 g/mol. The van der Waals surface area contributed by atoms with Gasteiger partial charge in [0.25, 0.3) is 5.91 Å². The van der Waals surface area contributed by atoms with Gasteiger partial charge in [-0.25, -0.2) is 4.98 Å². The van der Waals surface area contributed by atoms with Gasteiger partial charge in [0.1, 0.15) is 5.69 Å². The summed E-state index contributed by atoms with van der Waals surface area (Å²) < 4.78 is 5.10. The molecule has 0 aliphatic heterocycles. The summed E-state index contributed by atoms with van der Waals surface area (Å²) in [4.78, 5) is 34.4. The summed E-state index contributed by atoms with van der Waals surface area (Å²) >= 11 is 0. The third kappa shape index (κ3) is 4.32. The van der Waals surface area contributed by atoms with Gasteiger partial charge in [-0.2, -0.15) is 4.98 Å². The lowest BCUT2D eigenvalue weighted by Crippen LogP contribution is -2.21. The third-order valence-electron chi connectivity index (χ3n) is 3.51. The van der Waals surface area contributed by atoms with Crippen LogP contribution in [-0.4, -0.2) is 47.9 Å². The minimum atomic E-state index is -0.206. The SMILES string of the molecule is COc1cnc(-c2cccc(C(=O)N(C)C)c2)c(NC(=O)C(C)C)n1. The number of nitrogens with zero attached hydrogens (tertiary/aromatic N) is 3. The van der Waals surface area contributed by atoms with Gasteiger partial charge in [0.2, 0.25) is 11.8 Å². The molecule has 0 aliphatic rings. The molecule has 25 heavy (non-hydrogen) atoms. The summed E-state index contributed by atoms with van der Waals surface area (Å²) in [5.74, 6) is 0.0961. The van der Waals surface area contributed by atoms with Crippen LogP contribution in [0.3, 0.4) is 0 Å². The second-order valence-electron chi connectivity index (χ2n) is 6.03. The first-order chi connectivity index (χ1) is 11.8. The molecular formula is C18H22N4O3. The molecule has 2 amide bonds. The molecule has 0 unspecified atom stereocenters. The van der Waals surface area contributed by atoms with Gasteiger partial charge >= 0.3 is 0 Å². The Kier molecular flexibility index (Phi) is 5.69. The molecule has 0 fully saturated rings. The van der Waals surface area contributed by atoms with Crippen LogP contribution in [0.5, 0.6) is 5.88 Å². The Morgan fingerprint density at radius 3 is 2.56 bits per heavy atom. The number of benzene rings is 1. The van der Waals surface area contributed by atoms with E-state index in [0.29, 0.717) is 28.5 Å². The maximum Gasteiger partial charge on any atom is 0.253 e. The highest BCUT2D eigenvalue weighted by molar-refractivity contribution is 5.97. The normalized spacial score (nSPS) is 10.5. The van der Waals surface area contributed by atoms with Crippen LogP contribution in [0.1, 0.15) is 24.2 Å². The van der Waals surface area contributed by atoms with Crippen LogP contribution in [0.15, 0.2) is 30.5 Å². The Morgan fingerprint density at radius 1 is 1.24 bits per heavy atom. The fourth-order valence-electron chi connectivity index (χ4n) is 2.09. The van der Waals surface area contributed by atoms with E-state index in [9.17, 15) is 9.59 Å². The van der Waals surface area contributed by atoms with Crippen molar-refractivity contribution in [3.63, 3.8) is 0 Å². The van der Waals surface area contributed by atoms with Crippen molar-refractivity contribution in [2.24, 2.45) is 5.92 Å². The zero-order valence-electron chi connectivity index (χ0n) is 15.0. The first kappa shape index (κ1) is 18.4. The lowest BCUT2D eigenvalue weighted by molar-refractivity contribution is -0.118. The average molecular weight is 342 g/mol. The van der Waals surface area contributed by atoms with Gasteiger partial charge in [0, 0.05) is 31.1 Å². The van der Waals surface area contributed by atoms with E-state index in [4.69, 9.17) is 4.74 Å². The molecule has 0 radical (unpaired) electrons. The Bertz CT molecular complexity index is 788. The van der Waals surface area contributed by atoms with E-state index in [1.54, 1.807) is 46.1 Å². The molecule has 0 bridgehead atoms. The van der Waals surface area contributed by atoms with E-state index in [1.807, 2.05) is 6.07 Å². The third-order valence-corrected chi connectivity index (χ3v) is 3.51. The molecule has 0 atom stereocenters. The Balaban J connectivity index is 2.49. The van der Waals surface area contributed by atoms with E-state index in [-0.39, 0.29) is 17.7 Å². The number of anilines is 1. The van der Waals surface area contributed by atoms with E-state index in [0.717, 1.165) is 0 Å². The first-order valence-electron chi connectivity index (χ1n) is 7.87. The average Bonchev–Trinajstić information content (AvgIpc) is 2.60. The van der Waals surface area contributed by atoms with Crippen LogP contribution in [0.4, 0.5) is 5.82 Å². The molecule has 1 heterocycles. The van der Waals surface area contributed by atoms with Crippen molar-refractivity contribution < 1.29 is 14.3 Å². The highest BCUT2D eigenvalue weighted by Crippen LogP contribution is 2.27. The number of carbonyl (C=O) groups is 2. The van der Waals surface area contributed by atoms with Gasteiger partial charge in [-0.3, -0.25) is 9.59 Å². The van der Waals surface area contributed by atoms with Crippen molar-refractivity contribution in [1.29, 1.82) is 0 Å². The quantitative estimate of drug-likeness (QED) is 0.902. The highest BCUT2D eigenvalue weighted by atomic mass is 16.5. The second-order valence-corrected chi connectivity index (χ2v) is 6.03.